The SMILES string of the molecule is COc1ccc(S(=O)(=O)N2CCN(c3cc(C)nc(NC4CCCCC4)n3)CC2)cc1C(N)=O. The van der Waals surface area contributed by atoms with E-state index in [1.165, 1.54) is 48.9 Å². The molecule has 0 bridgehead atoms. The molecule has 1 aliphatic carbocycles. The Kier molecular flexibility index (Phi) is 7.22. The van der Waals surface area contributed by atoms with E-state index in [1.54, 1.807) is 0 Å². The average molecular weight is 489 g/mol. The maximum Gasteiger partial charge on any atom is 0.252 e. The van der Waals surface area contributed by atoms with Crippen LogP contribution in [0.15, 0.2) is 29.2 Å². The van der Waals surface area contributed by atoms with Crippen LogP contribution >= 0.6 is 0 Å². The molecule has 184 valence electrons. The standard InChI is InChI=1S/C23H32N6O4S/c1-16-14-21(27-23(25-16)26-17-6-4-3-5-7-17)28-10-12-29(13-11-28)34(31,32)18-8-9-20(33-2)19(15-18)22(24)30/h8-9,14-15,17H,3-7,10-13H2,1-2H3,(H2,24,30)(H,25,26,27). The van der Waals surface area contributed by atoms with Crippen LogP contribution in [0.3, 0.4) is 0 Å². The van der Waals surface area contributed by atoms with Gasteiger partial charge in [0.1, 0.15) is 11.6 Å². The Balaban J connectivity index is 1.46. The highest BCUT2D eigenvalue weighted by Gasteiger charge is 2.30. The lowest BCUT2D eigenvalue weighted by molar-refractivity contribution is 0.0997. The average Bonchev–Trinajstić information content (AvgIpc) is 2.84. The number of aromatic nitrogens is 2. The van der Waals surface area contributed by atoms with Gasteiger partial charge in [-0.1, -0.05) is 19.3 Å². The number of nitrogens with zero attached hydrogens (tertiary/aromatic N) is 4. The third-order valence-electron chi connectivity index (χ3n) is 6.42. The lowest BCUT2D eigenvalue weighted by Crippen LogP contribution is -2.49. The number of benzene rings is 1. The van der Waals surface area contributed by atoms with Gasteiger partial charge in [-0.25, -0.2) is 13.4 Å². The molecule has 1 aromatic carbocycles. The summed E-state index contributed by atoms with van der Waals surface area (Å²) >= 11 is 0. The van der Waals surface area contributed by atoms with Crippen LogP contribution < -0.4 is 20.7 Å². The van der Waals surface area contributed by atoms with Gasteiger partial charge in [0.2, 0.25) is 16.0 Å². The molecule has 4 rings (SSSR count). The number of primary amides is 1. The molecule has 0 radical (unpaired) electrons. The zero-order valence-electron chi connectivity index (χ0n) is 19.7. The van der Waals surface area contributed by atoms with Crippen LogP contribution in [0.4, 0.5) is 11.8 Å². The van der Waals surface area contributed by atoms with Crippen LogP contribution in [0.2, 0.25) is 0 Å². The zero-order chi connectivity index (χ0) is 24.3. The number of ether oxygens (including phenoxy) is 1. The molecular formula is C23H32N6O4S. The van der Waals surface area contributed by atoms with E-state index in [0.29, 0.717) is 38.2 Å². The van der Waals surface area contributed by atoms with Gasteiger partial charge in [0, 0.05) is 44.0 Å². The lowest BCUT2D eigenvalue weighted by Gasteiger charge is -2.35. The maximum atomic E-state index is 13.2. The van der Waals surface area contributed by atoms with E-state index in [9.17, 15) is 13.2 Å². The summed E-state index contributed by atoms with van der Waals surface area (Å²) < 4.78 is 33.0. The van der Waals surface area contributed by atoms with E-state index in [1.807, 2.05) is 13.0 Å². The molecular weight excluding hydrogens is 456 g/mol. The van der Waals surface area contributed by atoms with Crippen molar-refractivity contribution in [2.45, 2.75) is 50.0 Å². The number of carbonyl (C=O) groups excluding carboxylic acids is 1. The Bertz CT molecular complexity index is 1140. The molecule has 2 heterocycles. The number of carbonyl (C=O) groups is 1. The van der Waals surface area contributed by atoms with Crippen LogP contribution in [-0.4, -0.2) is 67.9 Å². The molecule has 0 atom stereocenters. The van der Waals surface area contributed by atoms with Gasteiger partial charge in [-0.3, -0.25) is 4.79 Å². The number of hydrogen-bond acceptors (Lipinski definition) is 8. The summed E-state index contributed by atoms with van der Waals surface area (Å²) in [5.74, 6) is 0.931. The smallest absolute Gasteiger partial charge is 0.252 e. The molecule has 2 fully saturated rings. The third kappa shape index (κ3) is 5.25. The molecule has 34 heavy (non-hydrogen) atoms. The fraction of sp³-hybridized carbons (Fsp3) is 0.522. The molecule has 1 amide bonds. The van der Waals surface area contributed by atoms with E-state index in [-0.39, 0.29) is 16.2 Å². The van der Waals surface area contributed by atoms with Crippen molar-refractivity contribution in [1.82, 2.24) is 14.3 Å². The highest BCUT2D eigenvalue weighted by Crippen LogP contribution is 2.26. The molecule has 1 saturated heterocycles. The Hall–Kier alpha value is -2.92. The second-order valence-corrected chi connectivity index (χ2v) is 10.7. The Morgan fingerprint density at radius 2 is 1.79 bits per heavy atom. The predicted molar refractivity (Wildman–Crippen MR) is 130 cm³/mol. The largest absolute Gasteiger partial charge is 0.496 e. The molecule has 2 aromatic rings. The quantitative estimate of drug-likeness (QED) is 0.606. The summed E-state index contributed by atoms with van der Waals surface area (Å²) in [4.78, 5) is 23.1. The van der Waals surface area contributed by atoms with Crippen molar-refractivity contribution < 1.29 is 17.9 Å². The molecule has 10 nitrogen and oxygen atoms in total. The molecule has 2 aliphatic rings. The first-order valence-corrected chi connectivity index (χ1v) is 13.1. The van der Waals surface area contributed by atoms with E-state index in [2.05, 4.69) is 15.2 Å². The second kappa shape index (κ2) is 10.1. The number of amides is 1. The summed E-state index contributed by atoms with van der Waals surface area (Å²) in [6.07, 6.45) is 5.99. The molecule has 1 aliphatic heterocycles. The van der Waals surface area contributed by atoms with Crippen molar-refractivity contribution in [2.24, 2.45) is 5.73 Å². The first-order valence-electron chi connectivity index (χ1n) is 11.6. The summed E-state index contributed by atoms with van der Waals surface area (Å²) in [6, 6.07) is 6.50. The minimum Gasteiger partial charge on any atom is -0.496 e. The van der Waals surface area contributed by atoms with Gasteiger partial charge >= 0.3 is 0 Å². The molecule has 3 N–H and O–H groups in total. The number of nitrogens with one attached hydrogen (secondary N) is 1. The lowest BCUT2D eigenvalue weighted by atomic mass is 9.96. The van der Waals surface area contributed by atoms with E-state index in [4.69, 9.17) is 15.5 Å². The highest BCUT2D eigenvalue weighted by molar-refractivity contribution is 7.89. The Labute approximate surface area is 200 Å². The first kappa shape index (κ1) is 24.2. The summed E-state index contributed by atoms with van der Waals surface area (Å²) in [6.45, 7) is 3.54. The number of rotatable bonds is 7. The van der Waals surface area contributed by atoms with Crippen molar-refractivity contribution in [3.05, 3.63) is 35.5 Å². The number of sulfonamides is 1. The van der Waals surface area contributed by atoms with Crippen LogP contribution in [0.5, 0.6) is 5.75 Å². The van der Waals surface area contributed by atoms with Gasteiger partial charge < -0.3 is 20.7 Å². The van der Waals surface area contributed by atoms with Gasteiger partial charge in [-0.05, 0) is 38.0 Å². The van der Waals surface area contributed by atoms with E-state index >= 15 is 0 Å². The molecule has 11 heteroatoms. The second-order valence-electron chi connectivity index (χ2n) is 8.79. The number of anilines is 2. The van der Waals surface area contributed by atoms with Crippen LogP contribution in [0, 0.1) is 6.92 Å². The van der Waals surface area contributed by atoms with Crippen molar-refractivity contribution >= 4 is 27.7 Å². The first-order chi connectivity index (χ1) is 16.3. The van der Waals surface area contributed by atoms with Gasteiger partial charge in [-0.2, -0.15) is 9.29 Å². The fourth-order valence-electron chi connectivity index (χ4n) is 4.55. The maximum absolute atomic E-state index is 13.2. The molecule has 1 saturated carbocycles. The minimum atomic E-state index is -3.79. The van der Waals surface area contributed by atoms with Crippen molar-refractivity contribution in [3.8, 4) is 5.75 Å². The van der Waals surface area contributed by atoms with Crippen LogP contribution in [0.1, 0.15) is 48.2 Å². The van der Waals surface area contributed by atoms with Gasteiger partial charge in [0.05, 0.1) is 17.6 Å². The number of methoxy groups -OCH3 is 1. The Morgan fingerprint density at radius 3 is 2.44 bits per heavy atom. The fourth-order valence-corrected chi connectivity index (χ4v) is 6.00. The topological polar surface area (TPSA) is 131 Å². The van der Waals surface area contributed by atoms with Gasteiger partial charge in [0.15, 0.2) is 0 Å². The zero-order valence-corrected chi connectivity index (χ0v) is 20.5. The molecule has 0 spiro atoms. The monoisotopic (exact) mass is 488 g/mol. The normalized spacial score (nSPS) is 18.0. The van der Waals surface area contributed by atoms with Crippen molar-refractivity contribution in [2.75, 3.05) is 43.5 Å². The number of aryl methyl sites for hydroxylation is 1. The summed E-state index contributed by atoms with van der Waals surface area (Å²) in [7, 11) is -2.38. The van der Waals surface area contributed by atoms with Crippen LogP contribution in [-0.2, 0) is 10.0 Å². The number of hydrogen-bond donors (Lipinski definition) is 2. The van der Waals surface area contributed by atoms with Gasteiger partial charge in [-0.15, -0.1) is 0 Å². The minimum absolute atomic E-state index is 0.0207. The summed E-state index contributed by atoms with van der Waals surface area (Å²) in [5, 5.41) is 3.48. The van der Waals surface area contributed by atoms with E-state index in [0.717, 1.165) is 24.4 Å². The van der Waals surface area contributed by atoms with Gasteiger partial charge in [0.25, 0.3) is 5.91 Å². The number of piperazine rings is 1. The molecule has 1 aromatic heterocycles. The number of nitrogens with two attached hydrogens (primary N) is 1. The highest BCUT2D eigenvalue weighted by atomic mass is 32.2. The molecule has 0 unspecified atom stereocenters. The van der Waals surface area contributed by atoms with Crippen molar-refractivity contribution in [3.63, 3.8) is 0 Å². The van der Waals surface area contributed by atoms with E-state index < -0.39 is 15.9 Å². The summed E-state index contributed by atoms with van der Waals surface area (Å²) in [5.41, 5.74) is 6.30. The predicted octanol–water partition coefficient (Wildman–Crippen LogP) is 2.15. The third-order valence-corrected chi connectivity index (χ3v) is 8.31. The van der Waals surface area contributed by atoms with Crippen LogP contribution in [0.25, 0.3) is 0 Å². The Morgan fingerprint density at radius 1 is 1.09 bits per heavy atom. The van der Waals surface area contributed by atoms with Crippen molar-refractivity contribution in [1.29, 1.82) is 0 Å².